The van der Waals surface area contributed by atoms with Crippen LogP contribution in [0.25, 0.3) is 0 Å². The molecule has 0 bridgehead atoms. The summed E-state index contributed by atoms with van der Waals surface area (Å²) in [4.78, 5) is 25.1. The molecule has 2 heterocycles. The van der Waals surface area contributed by atoms with Gasteiger partial charge in [0.2, 0.25) is 5.91 Å². The Balaban J connectivity index is 1.91. The molecule has 1 aromatic rings. The largest absolute Gasteiger partial charge is 0.466 e. The molecule has 1 aliphatic rings. The van der Waals surface area contributed by atoms with E-state index in [0.29, 0.717) is 24.4 Å². The van der Waals surface area contributed by atoms with Crippen LogP contribution in [0.2, 0.25) is 0 Å². The smallest absolute Gasteiger partial charge is 0.255 e. The Hall–Kier alpha value is -1.78. The summed E-state index contributed by atoms with van der Waals surface area (Å²) in [5.74, 6) is 1.41. The third-order valence-electron chi connectivity index (χ3n) is 3.56. The minimum Gasteiger partial charge on any atom is -0.466 e. The fourth-order valence-corrected chi connectivity index (χ4v) is 2.46. The molecule has 5 heteroatoms. The summed E-state index contributed by atoms with van der Waals surface area (Å²) < 4.78 is 5.36. The van der Waals surface area contributed by atoms with Gasteiger partial charge in [-0.3, -0.25) is 9.59 Å². The summed E-state index contributed by atoms with van der Waals surface area (Å²) in [5.41, 5.74) is 0.603. The van der Waals surface area contributed by atoms with E-state index in [1.54, 1.807) is 19.9 Å². The van der Waals surface area contributed by atoms with Crippen molar-refractivity contribution in [3.8, 4) is 0 Å². The SMILES string of the molecule is CC(=O)N1CCC(NC(=O)c2cc(C)oc2C)CC1. The molecule has 2 rings (SSSR count). The summed E-state index contributed by atoms with van der Waals surface area (Å²) in [7, 11) is 0. The van der Waals surface area contributed by atoms with Gasteiger partial charge < -0.3 is 14.6 Å². The van der Waals surface area contributed by atoms with Crippen molar-refractivity contribution in [2.45, 2.75) is 39.7 Å². The van der Waals surface area contributed by atoms with Crippen molar-refractivity contribution >= 4 is 11.8 Å². The summed E-state index contributed by atoms with van der Waals surface area (Å²) in [5, 5.41) is 3.01. The van der Waals surface area contributed by atoms with E-state index in [1.807, 2.05) is 11.8 Å². The van der Waals surface area contributed by atoms with E-state index in [-0.39, 0.29) is 17.9 Å². The van der Waals surface area contributed by atoms with E-state index >= 15 is 0 Å². The molecule has 2 amide bonds. The summed E-state index contributed by atoms with van der Waals surface area (Å²) in [6, 6.07) is 1.90. The van der Waals surface area contributed by atoms with E-state index in [1.165, 1.54) is 0 Å². The fraction of sp³-hybridized carbons (Fsp3) is 0.571. The zero-order valence-corrected chi connectivity index (χ0v) is 11.7. The monoisotopic (exact) mass is 264 g/mol. The van der Waals surface area contributed by atoms with Crippen molar-refractivity contribution in [2.75, 3.05) is 13.1 Å². The number of carbonyl (C=O) groups excluding carboxylic acids is 2. The Labute approximate surface area is 113 Å². The standard InChI is InChI=1S/C14H20N2O3/c1-9-8-13(10(2)19-9)14(18)15-12-4-6-16(7-5-12)11(3)17/h8,12H,4-7H2,1-3H3,(H,15,18). The average molecular weight is 264 g/mol. The van der Waals surface area contributed by atoms with Crippen LogP contribution >= 0.6 is 0 Å². The predicted molar refractivity (Wildman–Crippen MR) is 70.9 cm³/mol. The van der Waals surface area contributed by atoms with Crippen molar-refractivity contribution < 1.29 is 14.0 Å². The first-order chi connectivity index (χ1) is 8.97. The van der Waals surface area contributed by atoms with Crippen LogP contribution in [0.1, 0.15) is 41.6 Å². The predicted octanol–water partition coefficient (Wildman–Crippen LogP) is 1.64. The van der Waals surface area contributed by atoms with Crippen molar-refractivity contribution in [3.63, 3.8) is 0 Å². The molecule has 0 saturated carbocycles. The number of furan rings is 1. The molecule has 0 atom stereocenters. The molecule has 1 saturated heterocycles. The maximum absolute atomic E-state index is 12.1. The van der Waals surface area contributed by atoms with Crippen molar-refractivity contribution in [2.24, 2.45) is 0 Å². The molecule has 0 spiro atoms. The van der Waals surface area contributed by atoms with E-state index in [2.05, 4.69) is 5.32 Å². The minimum atomic E-state index is -0.0874. The molecular weight excluding hydrogens is 244 g/mol. The van der Waals surface area contributed by atoms with Gasteiger partial charge in [0, 0.05) is 26.1 Å². The first-order valence-electron chi connectivity index (χ1n) is 6.61. The molecule has 1 fully saturated rings. The fourth-order valence-electron chi connectivity index (χ4n) is 2.46. The second-order valence-electron chi connectivity index (χ2n) is 5.08. The van der Waals surface area contributed by atoms with Gasteiger partial charge in [0.25, 0.3) is 5.91 Å². The highest BCUT2D eigenvalue weighted by atomic mass is 16.3. The van der Waals surface area contributed by atoms with Gasteiger partial charge >= 0.3 is 0 Å². The summed E-state index contributed by atoms with van der Waals surface area (Å²) >= 11 is 0. The van der Waals surface area contributed by atoms with Crippen molar-refractivity contribution in [1.82, 2.24) is 10.2 Å². The highest BCUT2D eigenvalue weighted by Gasteiger charge is 2.23. The van der Waals surface area contributed by atoms with Gasteiger partial charge in [-0.25, -0.2) is 0 Å². The number of nitrogens with zero attached hydrogens (tertiary/aromatic N) is 1. The quantitative estimate of drug-likeness (QED) is 0.883. The number of amides is 2. The highest BCUT2D eigenvalue weighted by molar-refractivity contribution is 5.95. The molecule has 0 aromatic carbocycles. The molecular formula is C14H20N2O3. The number of hydrogen-bond donors (Lipinski definition) is 1. The second kappa shape index (κ2) is 5.47. The summed E-state index contributed by atoms with van der Waals surface area (Å²) in [6.07, 6.45) is 1.61. The molecule has 0 unspecified atom stereocenters. The molecule has 0 radical (unpaired) electrons. The van der Waals surface area contributed by atoms with Crippen LogP contribution in [0.15, 0.2) is 10.5 Å². The molecule has 1 aliphatic heterocycles. The second-order valence-corrected chi connectivity index (χ2v) is 5.08. The normalized spacial score (nSPS) is 16.5. The van der Waals surface area contributed by atoms with Gasteiger partial charge in [0.15, 0.2) is 0 Å². The summed E-state index contributed by atoms with van der Waals surface area (Å²) in [6.45, 7) is 6.62. The lowest BCUT2D eigenvalue weighted by molar-refractivity contribution is -0.129. The zero-order chi connectivity index (χ0) is 14.0. The number of piperidine rings is 1. The van der Waals surface area contributed by atoms with Crippen LogP contribution in [0.5, 0.6) is 0 Å². The first kappa shape index (κ1) is 13.6. The maximum atomic E-state index is 12.1. The Morgan fingerprint density at radius 2 is 1.95 bits per heavy atom. The number of hydrogen-bond acceptors (Lipinski definition) is 3. The lowest BCUT2D eigenvalue weighted by Gasteiger charge is -2.31. The van der Waals surface area contributed by atoms with Crippen molar-refractivity contribution in [3.05, 3.63) is 23.2 Å². The van der Waals surface area contributed by atoms with E-state index in [4.69, 9.17) is 4.42 Å². The maximum Gasteiger partial charge on any atom is 0.255 e. The molecule has 1 N–H and O–H groups in total. The van der Waals surface area contributed by atoms with Gasteiger partial charge in [-0.15, -0.1) is 0 Å². The number of rotatable bonds is 2. The Kier molecular flexibility index (Phi) is 3.93. The number of carbonyl (C=O) groups is 2. The Morgan fingerprint density at radius 3 is 2.42 bits per heavy atom. The van der Waals surface area contributed by atoms with Gasteiger partial charge in [0.1, 0.15) is 11.5 Å². The molecule has 19 heavy (non-hydrogen) atoms. The lowest BCUT2D eigenvalue weighted by atomic mass is 10.0. The van der Waals surface area contributed by atoms with E-state index < -0.39 is 0 Å². The first-order valence-corrected chi connectivity index (χ1v) is 6.61. The minimum absolute atomic E-state index is 0.0874. The zero-order valence-electron chi connectivity index (χ0n) is 11.7. The van der Waals surface area contributed by atoms with Crippen LogP contribution in [0, 0.1) is 13.8 Å². The Bertz CT molecular complexity index is 485. The van der Waals surface area contributed by atoms with Gasteiger partial charge in [-0.1, -0.05) is 0 Å². The van der Waals surface area contributed by atoms with E-state index in [9.17, 15) is 9.59 Å². The molecule has 0 aliphatic carbocycles. The van der Waals surface area contributed by atoms with Crippen LogP contribution < -0.4 is 5.32 Å². The van der Waals surface area contributed by atoms with Crippen molar-refractivity contribution in [1.29, 1.82) is 0 Å². The third kappa shape index (κ3) is 3.16. The van der Waals surface area contributed by atoms with Crippen LogP contribution in [-0.2, 0) is 4.79 Å². The average Bonchev–Trinajstić information content (AvgIpc) is 2.69. The van der Waals surface area contributed by atoms with Gasteiger partial charge in [-0.05, 0) is 32.8 Å². The van der Waals surface area contributed by atoms with Crippen LogP contribution in [-0.4, -0.2) is 35.8 Å². The molecule has 1 aromatic heterocycles. The third-order valence-corrected chi connectivity index (χ3v) is 3.56. The van der Waals surface area contributed by atoms with E-state index in [0.717, 1.165) is 18.6 Å². The highest BCUT2D eigenvalue weighted by Crippen LogP contribution is 2.15. The lowest BCUT2D eigenvalue weighted by Crippen LogP contribution is -2.46. The van der Waals surface area contributed by atoms with Gasteiger partial charge in [0.05, 0.1) is 5.56 Å². The Morgan fingerprint density at radius 1 is 1.32 bits per heavy atom. The van der Waals surface area contributed by atoms with Crippen LogP contribution in [0.3, 0.4) is 0 Å². The van der Waals surface area contributed by atoms with Gasteiger partial charge in [-0.2, -0.15) is 0 Å². The molecule has 104 valence electrons. The number of nitrogens with one attached hydrogen (secondary N) is 1. The molecule has 5 nitrogen and oxygen atoms in total. The number of aryl methyl sites for hydroxylation is 2. The van der Waals surface area contributed by atoms with Crippen LogP contribution in [0.4, 0.5) is 0 Å². The topological polar surface area (TPSA) is 62.6 Å². The number of likely N-dealkylation sites (tertiary alicyclic amines) is 1.